The van der Waals surface area contributed by atoms with Gasteiger partial charge in [0.05, 0.1) is 23.5 Å². The van der Waals surface area contributed by atoms with Gasteiger partial charge >= 0.3 is 12.1 Å². The van der Waals surface area contributed by atoms with Gasteiger partial charge < -0.3 is 4.74 Å². The van der Waals surface area contributed by atoms with E-state index in [9.17, 15) is 26.4 Å². The highest BCUT2D eigenvalue weighted by atomic mass is 32.2. The Labute approximate surface area is 132 Å². The van der Waals surface area contributed by atoms with E-state index < -0.39 is 34.6 Å². The van der Waals surface area contributed by atoms with Crippen LogP contribution in [0.2, 0.25) is 0 Å². The van der Waals surface area contributed by atoms with Gasteiger partial charge in [0.25, 0.3) is 0 Å². The molecule has 1 fully saturated rings. The fraction of sp³-hybridized carbons (Fsp3) is 0.500. The Bertz CT molecular complexity index is 688. The first-order valence-electron chi connectivity index (χ1n) is 6.91. The molecule has 0 bridgehead atoms. The number of sulfonamides is 1. The van der Waals surface area contributed by atoms with Gasteiger partial charge in [0.15, 0.2) is 0 Å². The Morgan fingerprint density at radius 1 is 1.35 bits per heavy atom. The predicted octanol–water partition coefficient (Wildman–Crippen LogP) is 2.44. The standard InChI is InChI=1S/C14H16F3NO4S/c1-22-13(19)10-4-2-6-12(8-10)23(20,21)18-7-3-5-11(9-18)14(15,16)17/h2,4,6,8,11H,3,5,7,9H2,1H3/t11-/m1/s1. The van der Waals surface area contributed by atoms with Crippen LogP contribution in [0, 0.1) is 5.92 Å². The van der Waals surface area contributed by atoms with Gasteiger partial charge in [-0.15, -0.1) is 0 Å². The number of hydrogen-bond acceptors (Lipinski definition) is 4. The van der Waals surface area contributed by atoms with Crippen LogP contribution in [0.15, 0.2) is 29.2 Å². The largest absolute Gasteiger partial charge is 0.465 e. The van der Waals surface area contributed by atoms with Crippen LogP contribution >= 0.6 is 0 Å². The van der Waals surface area contributed by atoms with Crippen LogP contribution in [0.1, 0.15) is 23.2 Å². The van der Waals surface area contributed by atoms with Gasteiger partial charge in [0.1, 0.15) is 0 Å². The summed E-state index contributed by atoms with van der Waals surface area (Å²) in [6, 6.07) is 5.08. The number of esters is 1. The summed E-state index contributed by atoms with van der Waals surface area (Å²) in [6.07, 6.45) is -4.38. The van der Waals surface area contributed by atoms with E-state index in [1.165, 1.54) is 18.2 Å². The SMILES string of the molecule is COC(=O)c1cccc(S(=O)(=O)N2CCC[C@@H](C(F)(F)F)C2)c1. The highest BCUT2D eigenvalue weighted by Crippen LogP contribution is 2.35. The molecule has 0 spiro atoms. The Hall–Kier alpha value is -1.61. The predicted molar refractivity (Wildman–Crippen MR) is 75.3 cm³/mol. The van der Waals surface area contributed by atoms with Crippen LogP contribution in [0.4, 0.5) is 13.2 Å². The second-order valence-electron chi connectivity index (χ2n) is 5.26. The quantitative estimate of drug-likeness (QED) is 0.785. The molecule has 0 aliphatic carbocycles. The van der Waals surface area contributed by atoms with E-state index in [1.54, 1.807) is 0 Å². The van der Waals surface area contributed by atoms with Gasteiger partial charge in [-0.2, -0.15) is 17.5 Å². The third kappa shape index (κ3) is 3.84. The molecule has 0 amide bonds. The Morgan fingerprint density at radius 3 is 2.65 bits per heavy atom. The molecule has 0 saturated carbocycles. The molecular formula is C14H16F3NO4S. The molecule has 1 heterocycles. The van der Waals surface area contributed by atoms with E-state index in [0.717, 1.165) is 17.5 Å². The lowest BCUT2D eigenvalue weighted by atomic mass is 9.99. The number of halogens is 3. The molecule has 1 aromatic rings. The summed E-state index contributed by atoms with van der Waals surface area (Å²) in [5, 5.41) is 0. The third-order valence-electron chi connectivity index (χ3n) is 3.74. The van der Waals surface area contributed by atoms with E-state index in [2.05, 4.69) is 4.74 Å². The number of carbonyl (C=O) groups is 1. The lowest BCUT2D eigenvalue weighted by Gasteiger charge is -2.32. The summed E-state index contributed by atoms with van der Waals surface area (Å²) in [6.45, 7) is -0.578. The molecular weight excluding hydrogens is 335 g/mol. The second-order valence-corrected chi connectivity index (χ2v) is 7.20. The van der Waals surface area contributed by atoms with E-state index in [4.69, 9.17) is 0 Å². The van der Waals surface area contributed by atoms with Crippen molar-refractivity contribution in [3.63, 3.8) is 0 Å². The maximum absolute atomic E-state index is 12.8. The van der Waals surface area contributed by atoms with Crippen LogP contribution in [0.3, 0.4) is 0 Å². The summed E-state index contributed by atoms with van der Waals surface area (Å²) in [5.74, 6) is -2.39. The number of methoxy groups -OCH3 is 1. The fourth-order valence-electron chi connectivity index (χ4n) is 2.48. The highest BCUT2D eigenvalue weighted by Gasteiger charge is 2.44. The Balaban J connectivity index is 2.29. The number of hydrogen-bond donors (Lipinski definition) is 0. The van der Waals surface area contributed by atoms with Gasteiger partial charge in [-0.1, -0.05) is 6.07 Å². The summed E-state index contributed by atoms with van der Waals surface area (Å²) in [7, 11) is -2.94. The zero-order chi connectivity index (χ0) is 17.3. The zero-order valence-corrected chi connectivity index (χ0v) is 13.2. The lowest BCUT2D eigenvalue weighted by Crippen LogP contribution is -2.44. The molecule has 23 heavy (non-hydrogen) atoms. The van der Waals surface area contributed by atoms with Crippen molar-refractivity contribution < 1.29 is 31.1 Å². The van der Waals surface area contributed by atoms with Crippen molar-refractivity contribution in [2.45, 2.75) is 23.9 Å². The van der Waals surface area contributed by atoms with Crippen molar-refractivity contribution in [3.05, 3.63) is 29.8 Å². The fourth-order valence-corrected chi connectivity index (χ4v) is 4.05. The monoisotopic (exact) mass is 351 g/mol. The van der Waals surface area contributed by atoms with E-state index in [-0.39, 0.29) is 29.8 Å². The minimum atomic E-state index is -4.43. The molecule has 1 saturated heterocycles. The molecule has 1 atom stereocenters. The minimum Gasteiger partial charge on any atom is -0.465 e. The molecule has 1 aromatic carbocycles. The van der Waals surface area contributed by atoms with E-state index >= 15 is 0 Å². The van der Waals surface area contributed by atoms with Crippen molar-refractivity contribution in [3.8, 4) is 0 Å². The van der Waals surface area contributed by atoms with Crippen molar-refractivity contribution >= 4 is 16.0 Å². The zero-order valence-electron chi connectivity index (χ0n) is 12.3. The van der Waals surface area contributed by atoms with Crippen LogP contribution in [0.25, 0.3) is 0 Å². The second kappa shape index (κ2) is 6.48. The maximum atomic E-state index is 12.8. The summed E-state index contributed by atoms with van der Waals surface area (Å²) in [5.41, 5.74) is 0.0259. The van der Waals surface area contributed by atoms with Gasteiger partial charge in [0, 0.05) is 13.1 Å². The van der Waals surface area contributed by atoms with E-state index in [0.29, 0.717) is 0 Å². The summed E-state index contributed by atoms with van der Waals surface area (Å²) in [4.78, 5) is 11.3. The van der Waals surface area contributed by atoms with Crippen molar-refractivity contribution in [2.24, 2.45) is 5.92 Å². The number of ether oxygens (including phenoxy) is 1. The van der Waals surface area contributed by atoms with Crippen LogP contribution in [-0.2, 0) is 14.8 Å². The number of alkyl halides is 3. The molecule has 5 nitrogen and oxygen atoms in total. The normalized spacial score (nSPS) is 20.3. The molecule has 9 heteroatoms. The lowest BCUT2D eigenvalue weighted by molar-refractivity contribution is -0.182. The molecule has 1 aliphatic rings. The average Bonchev–Trinajstić information content (AvgIpc) is 2.53. The molecule has 0 radical (unpaired) electrons. The Morgan fingerprint density at radius 2 is 2.04 bits per heavy atom. The first-order chi connectivity index (χ1) is 10.7. The molecule has 0 unspecified atom stereocenters. The average molecular weight is 351 g/mol. The van der Waals surface area contributed by atoms with Gasteiger partial charge in [0.2, 0.25) is 10.0 Å². The molecule has 1 aliphatic heterocycles. The maximum Gasteiger partial charge on any atom is 0.393 e. The number of benzene rings is 1. The third-order valence-corrected chi connectivity index (χ3v) is 5.60. The highest BCUT2D eigenvalue weighted by molar-refractivity contribution is 7.89. The van der Waals surface area contributed by atoms with E-state index in [1.807, 2.05) is 0 Å². The molecule has 2 rings (SSSR count). The van der Waals surface area contributed by atoms with Gasteiger partial charge in [-0.25, -0.2) is 13.2 Å². The smallest absolute Gasteiger partial charge is 0.393 e. The summed E-state index contributed by atoms with van der Waals surface area (Å²) >= 11 is 0. The van der Waals surface area contributed by atoms with Crippen LogP contribution in [-0.4, -0.2) is 45.1 Å². The number of piperidine rings is 1. The van der Waals surface area contributed by atoms with Crippen molar-refractivity contribution in [1.82, 2.24) is 4.31 Å². The number of nitrogens with zero attached hydrogens (tertiary/aromatic N) is 1. The van der Waals surface area contributed by atoms with Gasteiger partial charge in [-0.05, 0) is 31.0 Å². The Kier molecular flexibility index (Phi) is 5.00. The van der Waals surface area contributed by atoms with Crippen molar-refractivity contribution in [1.29, 1.82) is 0 Å². The molecule has 0 aromatic heterocycles. The first-order valence-corrected chi connectivity index (χ1v) is 8.35. The molecule has 128 valence electrons. The van der Waals surface area contributed by atoms with Crippen LogP contribution in [0.5, 0.6) is 0 Å². The number of rotatable bonds is 3. The number of carbonyl (C=O) groups excluding carboxylic acids is 1. The first kappa shape index (κ1) is 17.7. The van der Waals surface area contributed by atoms with Gasteiger partial charge in [-0.3, -0.25) is 0 Å². The summed E-state index contributed by atoms with van der Waals surface area (Å²) < 4.78 is 68.9. The minimum absolute atomic E-state index is 0.0252. The molecule has 0 N–H and O–H groups in total. The topological polar surface area (TPSA) is 63.7 Å². The van der Waals surface area contributed by atoms with Crippen molar-refractivity contribution in [2.75, 3.05) is 20.2 Å². The van der Waals surface area contributed by atoms with Crippen LogP contribution < -0.4 is 0 Å².